The summed E-state index contributed by atoms with van der Waals surface area (Å²) >= 11 is 1.70. The van der Waals surface area contributed by atoms with E-state index in [0.717, 1.165) is 19.4 Å². The maximum Gasteiger partial charge on any atom is 0.0863 e. The van der Waals surface area contributed by atoms with Crippen molar-refractivity contribution in [3.05, 3.63) is 22.4 Å². The van der Waals surface area contributed by atoms with E-state index in [4.69, 9.17) is 4.74 Å². The second-order valence-corrected chi connectivity index (χ2v) is 4.98. The van der Waals surface area contributed by atoms with Crippen molar-refractivity contribution in [1.29, 1.82) is 0 Å². The van der Waals surface area contributed by atoms with Crippen molar-refractivity contribution < 1.29 is 9.84 Å². The molecule has 3 unspecified atom stereocenters. The molecule has 3 atom stereocenters. The van der Waals surface area contributed by atoms with Gasteiger partial charge in [0.2, 0.25) is 0 Å². The van der Waals surface area contributed by atoms with Crippen molar-refractivity contribution in [2.24, 2.45) is 5.92 Å². The van der Waals surface area contributed by atoms with Gasteiger partial charge in [0.1, 0.15) is 0 Å². The van der Waals surface area contributed by atoms with E-state index in [9.17, 15) is 5.11 Å². The van der Waals surface area contributed by atoms with Gasteiger partial charge in [-0.3, -0.25) is 0 Å². The van der Waals surface area contributed by atoms with Gasteiger partial charge in [0.25, 0.3) is 0 Å². The molecule has 2 rings (SSSR count). The summed E-state index contributed by atoms with van der Waals surface area (Å²) in [5, 5.41) is 12.0. The van der Waals surface area contributed by atoms with Gasteiger partial charge in [-0.05, 0) is 23.8 Å². The summed E-state index contributed by atoms with van der Waals surface area (Å²) in [4.78, 5) is 1.24. The van der Waals surface area contributed by atoms with E-state index in [1.165, 1.54) is 4.88 Å². The molecule has 14 heavy (non-hydrogen) atoms. The Morgan fingerprint density at radius 3 is 3.14 bits per heavy atom. The molecule has 0 bridgehead atoms. The molecule has 0 radical (unpaired) electrons. The van der Waals surface area contributed by atoms with Crippen LogP contribution in [0.5, 0.6) is 0 Å². The predicted octanol–water partition coefficient (Wildman–Crippen LogP) is 2.08. The van der Waals surface area contributed by atoms with Crippen LogP contribution in [0.25, 0.3) is 0 Å². The van der Waals surface area contributed by atoms with Crippen LogP contribution >= 0.6 is 11.3 Å². The zero-order chi connectivity index (χ0) is 9.97. The van der Waals surface area contributed by atoms with Crippen LogP contribution in [0.4, 0.5) is 0 Å². The van der Waals surface area contributed by atoms with E-state index in [-0.39, 0.29) is 12.2 Å². The van der Waals surface area contributed by atoms with Crippen molar-refractivity contribution in [1.82, 2.24) is 0 Å². The van der Waals surface area contributed by atoms with Gasteiger partial charge in [-0.25, -0.2) is 0 Å². The van der Waals surface area contributed by atoms with Crippen LogP contribution in [0.15, 0.2) is 17.5 Å². The zero-order valence-electron chi connectivity index (χ0n) is 8.35. The summed E-state index contributed by atoms with van der Waals surface area (Å²) in [5.41, 5.74) is 0. The molecule has 0 aromatic carbocycles. The number of ether oxygens (including phenoxy) is 1. The van der Waals surface area contributed by atoms with Gasteiger partial charge in [0.05, 0.1) is 12.2 Å². The first-order chi connectivity index (χ1) is 6.77. The van der Waals surface area contributed by atoms with Crippen LogP contribution in [0.2, 0.25) is 0 Å². The van der Waals surface area contributed by atoms with E-state index >= 15 is 0 Å². The molecular weight excluding hydrogens is 196 g/mol. The van der Waals surface area contributed by atoms with Gasteiger partial charge in [0.15, 0.2) is 0 Å². The molecule has 1 fully saturated rings. The fourth-order valence-electron chi connectivity index (χ4n) is 1.96. The summed E-state index contributed by atoms with van der Waals surface area (Å²) in [6.45, 7) is 2.95. The van der Waals surface area contributed by atoms with E-state index in [0.29, 0.717) is 5.92 Å². The number of rotatable bonds is 3. The number of thiophene rings is 1. The van der Waals surface area contributed by atoms with Crippen molar-refractivity contribution in [2.75, 3.05) is 6.61 Å². The second kappa shape index (κ2) is 4.43. The first-order valence-corrected chi connectivity index (χ1v) is 5.97. The summed E-state index contributed by atoms with van der Waals surface area (Å²) < 4.78 is 5.53. The topological polar surface area (TPSA) is 29.5 Å². The predicted molar refractivity (Wildman–Crippen MR) is 57.6 cm³/mol. The lowest BCUT2D eigenvalue weighted by atomic mass is 9.97. The molecule has 1 aromatic heterocycles. The molecule has 3 heteroatoms. The highest BCUT2D eigenvalue weighted by atomic mass is 32.1. The fraction of sp³-hybridized carbons (Fsp3) is 0.636. The van der Waals surface area contributed by atoms with Gasteiger partial charge < -0.3 is 9.84 Å². The molecule has 0 spiro atoms. The molecule has 1 aromatic rings. The van der Waals surface area contributed by atoms with Crippen molar-refractivity contribution in [2.45, 2.75) is 32.0 Å². The first-order valence-electron chi connectivity index (χ1n) is 5.09. The summed E-state index contributed by atoms with van der Waals surface area (Å²) in [6.07, 6.45) is 1.50. The average molecular weight is 212 g/mol. The Labute approximate surface area is 88.5 Å². The van der Waals surface area contributed by atoms with Gasteiger partial charge in [0, 0.05) is 17.9 Å². The second-order valence-electron chi connectivity index (χ2n) is 3.95. The largest absolute Gasteiger partial charge is 0.390 e. The molecule has 1 N–H and O–H groups in total. The number of aliphatic hydroxyl groups is 1. The van der Waals surface area contributed by atoms with Crippen LogP contribution in [-0.4, -0.2) is 23.9 Å². The Kier molecular flexibility index (Phi) is 3.21. The molecule has 1 saturated heterocycles. The van der Waals surface area contributed by atoms with E-state index in [2.05, 4.69) is 13.0 Å². The maximum atomic E-state index is 9.97. The Hall–Kier alpha value is -0.380. The number of hydrogen-bond acceptors (Lipinski definition) is 3. The standard InChI is InChI=1S/C11H16O2S/c1-8-4-5-13-11(8)10(12)7-9-3-2-6-14-9/h2-3,6,8,10-12H,4-5,7H2,1H3. The Morgan fingerprint density at radius 1 is 1.71 bits per heavy atom. The minimum atomic E-state index is -0.342. The maximum absolute atomic E-state index is 9.97. The molecule has 0 amide bonds. The van der Waals surface area contributed by atoms with Crippen LogP contribution in [-0.2, 0) is 11.2 Å². The molecule has 0 aliphatic carbocycles. The van der Waals surface area contributed by atoms with Gasteiger partial charge >= 0.3 is 0 Å². The molecule has 2 heterocycles. The quantitative estimate of drug-likeness (QED) is 0.831. The molecule has 1 aliphatic heterocycles. The van der Waals surface area contributed by atoms with Crippen LogP contribution in [0.3, 0.4) is 0 Å². The third-order valence-corrected chi connectivity index (χ3v) is 3.71. The lowest BCUT2D eigenvalue weighted by molar-refractivity contribution is -0.0154. The minimum absolute atomic E-state index is 0.0390. The summed E-state index contributed by atoms with van der Waals surface area (Å²) in [5.74, 6) is 0.491. The smallest absolute Gasteiger partial charge is 0.0863 e. The number of aliphatic hydroxyl groups excluding tert-OH is 1. The third-order valence-electron chi connectivity index (χ3n) is 2.81. The zero-order valence-corrected chi connectivity index (χ0v) is 9.17. The van der Waals surface area contributed by atoms with Crippen molar-refractivity contribution >= 4 is 11.3 Å². The summed E-state index contributed by atoms with van der Waals surface area (Å²) in [6, 6.07) is 4.08. The first kappa shape index (κ1) is 10.1. The van der Waals surface area contributed by atoms with E-state index < -0.39 is 0 Å². The fourth-order valence-corrected chi connectivity index (χ4v) is 2.72. The van der Waals surface area contributed by atoms with Crippen molar-refractivity contribution in [3.8, 4) is 0 Å². The Bertz CT molecular complexity index is 271. The lowest BCUT2D eigenvalue weighted by Crippen LogP contribution is -2.31. The van der Waals surface area contributed by atoms with Crippen LogP contribution < -0.4 is 0 Å². The average Bonchev–Trinajstić information content (AvgIpc) is 2.75. The summed E-state index contributed by atoms with van der Waals surface area (Å²) in [7, 11) is 0. The number of hydrogen-bond donors (Lipinski definition) is 1. The molecular formula is C11H16O2S. The highest BCUT2D eigenvalue weighted by Gasteiger charge is 2.30. The van der Waals surface area contributed by atoms with Crippen LogP contribution in [0.1, 0.15) is 18.2 Å². The SMILES string of the molecule is CC1CCOC1C(O)Cc1cccs1. The van der Waals surface area contributed by atoms with Gasteiger partial charge in [-0.2, -0.15) is 0 Å². The molecule has 78 valence electrons. The lowest BCUT2D eigenvalue weighted by Gasteiger charge is -2.20. The highest BCUT2D eigenvalue weighted by molar-refractivity contribution is 7.09. The molecule has 0 saturated carbocycles. The van der Waals surface area contributed by atoms with E-state index in [1.54, 1.807) is 11.3 Å². The third kappa shape index (κ3) is 2.16. The molecule has 1 aliphatic rings. The minimum Gasteiger partial charge on any atom is -0.390 e. The van der Waals surface area contributed by atoms with Gasteiger partial charge in [-0.15, -0.1) is 11.3 Å². The Morgan fingerprint density at radius 2 is 2.57 bits per heavy atom. The molecule has 2 nitrogen and oxygen atoms in total. The van der Waals surface area contributed by atoms with Crippen LogP contribution in [0, 0.1) is 5.92 Å². The van der Waals surface area contributed by atoms with E-state index in [1.807, 2.05) is 11.4 Å². The van der Waals surface area contributed by atoms with Gasteiger partial charge in [-0.1, -0.05) is 13.0 Å². The Balaban J connectivity index is 1.92. The van der Waals surface area contributed by atoms with Crippen molar-refractivity contribution in [3.63, 3.8) is 0 Å². The highest BCUT2D eigenvalue weighted by Crippen LogP contribution is 2.25. The monoisotopic (exact) mass is 212 g/mol. The normalized spacial score (nSPS) is 29.3.